The average molecular weight is 184 g/mol. The summed E-state index contributed by atoms with van der Waals surface area (Å²) in [5.74, 6) is 0.580. The molecule has 1 atom stereocenters. The van der Waals surface area contributed by atoms with Crippen LogP contribution >= 0.6 is 0 Å². The first kappa shape index (κ1) is 8.46. The molecule has 0 amide bonds. The monoisotopic (exact) mass is 184 g/mol. The molecule has 6 nitrogen and oxygen atoms in total. The van der Waals surface area contributed by atoms with Crippen LogP contribution in [0.3, 0.4) is 0 Å². The van der Waals surface area contributed by atoms with Crippen LogP contribution in [0.4, 0.5) is 0 Å². The first-order chi connectivity index (χ1) is 6.25. The maximum atomic E-state index is 10.8. The third kappa shape index (κ3) is 1.78. The average Bonchev–Trinajstić information content (AvgIpc) is 2.52. The van der Waals surface area contributed by atoms with E-state index in [4.69, 9.17) is 4.74 Å². The molecule has 6 heteroatoms. The standard InChI is InChI=1S/C7H12N4O2/c1-11-2-3-13-5(4-11)6-8-7(12)10-9-6/h5H,2-4H2,1H3,(H2,8,9,10,12). The number of rotatable bonds is 1. The molecule has 72 valence electrons. The lowest BCUT2D eigenvalue weighted by atomic mass is 10.3. The maximum absolute atomic E-state index is 10.8. The van der Waals surface area contributed by atoms with Crippen LogP contribution in [-0.2, 0) is 4.74 Å². The van der Waals surface area contributed by atoms with Gasteiger partial charge in [-0.05, 0) is 7.05 Å². The Morgan fingerprint density at radius 3 is 3.15 bits per heavy atom. The molecule has 1 aromatic heterocycles. The lowest BCUT2D eigenvalue weighted by Gasteiger charge is -2.28. The largest absolute Gasteiger partial charge is 0.368 e. The van der Waals surface area contributed by atoms with E-state index in [9.17, 15) is 4.79 Å². The van der Waals surface area contributed by atoms with E-state index >= 15 is 0 Å². The summed E-state index contributed by atoms with van der Waals surface area (Å²) in [4.78, 5) is 15.5. The summed E-state index contributed by atoms with van der Waals surface area (Å²) in [6.07, 6.45) is -0.113. The molecule has 0 saturated carbocycles. The number of aromatic amines is 2. The first-order valence-electron chi connectivity index (χ1n) is 4.20. The second-order valence-corrected chi connectivity index (χ2v) is 3.18. The summed E-state index contributed by atoms with van der Waals surface area (Å²) in [5, 5.41) is 6.15. The topological polar surface area (TPSA) is 74.0 Å². The van der Waals surface area contributed by atoms with Crippen LogP contribution in [0.25, 0.3) is 0 Å². The van der Waals surface area contributed by atoms with Crippen molar-refractivity contribution in [3.8, 4) is 0 Å². The summed E-state index contributed by atoms with van der Waals surface area (Å²) in [6, 6.07) is 0. The van der Waals surface area contributed by atoms with E-state index in [1.54, 1.807) is 0 Å². The van der Waals surface area contributed by atoms with Crippen molar-refractivity contribution in [2.75, 3.05) is 26.7 Å². The molecule has 0 aliphatic carbocycles. The van der Waals surface area contributed by atoms with E-state index in [0.717, 1.165) is 13.1 Å². The van der Waals surface area contributed by atoms with Gasteiger partial charge >= 0.3 is 5.69 Å². The fourth-order valence-electron chi connectivity index (χ4n) is 1.38. The highest BCUT2D eigenvalue weighted by atomic mass is 16.5. The van der Waals surface area contributed by atoms with Crippen molar-refractivity contribution in [1.82, 2.24) is 20.1 Å². The van der Waals surface area contributed by atoms with Gasteiger partial charge in [0.2, 0.25) is 0 Å². The normalized spacial score (nSPS) is 24.8. The SMILES string of the molecule is CN1CCOC(c2n[nH]c(=O)[nH]2)C1. The van der Waals surface area contributed by atoms with E-state index in [2.05, 4.69) is 20.1 Å². The number of hydrogen-bond donors (Lipinski definition) is 2. The van der Waals surface area contributed by atoms with Gasteiger partial charge in [-0.3, -0.25) is 4.98 Å². The van der Waals surface area contributed by atoms with Crippen LogP contribution in [0.15, 0.2) is 4.79 Å². The van der Waals surface area contributed by atoms with Crippen LogP contribution in [0.1, 0.15) is 11.9 Å². The van der Waals surface area contributed by atoms with Gasteiger partial charge in [-0.1, -0.05) is 0 Å². The quantitative estimate of drug-likeness (QED) is 0.593. The van der Waals surface area contributed by atoms with Crippen LogP contribution in [-0.4, -0.2) is 46.8 Å². The minimum Gasteiger partial charge on any atom is -0.368 e. The molecule has 0 aromatic carbocycles. The minimum atomic E-state index is -0.285. The number of nitrogens with one attached hydrogen (secondary N) is 2. The molecule has 1 aliphatic heterocycles. The Balaban J connectivity index is 2.12. The molecule has 0 radical (unpaired) electrons. The van der Waals surface area contributed by atoms with Crippen molar-refractivity contribution in [2.45, 2.75) is 6.10 Å². The van der Waals surface area contributed by atoms with E-state index in [0.29, 0.717) is 12.4 Å². The van der Waals surface area contributed by atoms with Crippen molar-refractivity contribution in [3.63, 3.8) is 0 Å². The third-order valence-electron chi connectivity index (χ3n) is 2.09. The molecule has 13 heavy (non-hydrogen) atoms. The van der Waals surface area contributed by atoms with Gasteiger partial charge in [0.25, 0.3) is 0 Å². The predicted octanol–water partition coefficient (Wildman–Crippen LogP) is -0.899. The number of hydrogen-bond acceptors (Lipinski definition) is 4. The predicted molar refractivity (Wildman–Crippen MR) is 45.4 cm³/mol. The molecule has 1 fully saturated rings. The van der Waals surface area contributed by atoms with Crippen LogP contribution in [0.5, 0.6) is 0 Å². The molecular formula is C7H12N4O2. The van der Waals surface area contributed by atoms with Crippen molar-refractivity contribution < 1.29 is 4.74 Å². The Morgan fingerprint density at radius 1 is 1.69 bits per heavy atom. The molecule has 2 heterocycles. The fraction of sp³-hybridized carbons (Fsp3) is 0.714. The smallest absolute Gasteiger partial charge is 0.340 e. The highest BCUT2D eigenvalue weighted by Crippen LogP contribution is 2.15. The summed E-state index contributed by atoms with van der Waals surface area (Å²) in [7, 11) is 2.01. The second-order valence-electron chi connectivity index (χ2n) is 3.18. The van der Waals surface area contributed by atoms with E-state index in [-0.39, 0.29) is 11.8 Å². The van der Waals surface area contributed by atoms with Gasteiger partial charge in [0, 0.05) is 13.1 Å². The molecule has 1 saturated heterocycles. The van der Waals surface area contributed by atoms with E-state index < -0.39 is 0 Å². The van der Waals surface area contributed by atoms with E-state index in [1.807, 2.05) is 7.05 Å². The Morgan fingerprint density at radius 2 is 2.54 bits per heavy atom. The van der Waals surface area contributed by atoms with Gasteiger partial charge in [-0.15, -0.1) is 0 Å². The van der Waals surface area contributed by atoms with Crippen LogP contribution in [0.2, 0.25) is 0 Å². The summed E-state index contributed by atoms with van der Waals surface area (Å²) in [5.41, 5.74) is -0.285. The maximum Gasteiger partial charge on any atom is 0.340 e. The fourth-order valence-corrected chi connectivity index (χ4v) is 1.38. The molecule has 1 aromatic rings. The molecule has 2 N–H and O–H groups in total. The number of H-pyrrole nitrogens is 2. The zero-order valence-electron chi connectivity index (χ0n) is 7.41. The molecule has 1 unspecified atom stereocenters. The number of morpholine rings is 1. The van der Waals surface area contributed by atoms with Crippen molar-refractivity contribution in [2.24, 2.45) is 0 Å². The third-order valence-corrected chi connectivity index (χ3v) is 2.09. The van der Waals surface area contributed by atoms with Gasteiger partial charge in [0.05, 0.1) is 6.61 Å². The van der Waals surface area contributed by atoms with Gasteiger partial charge in [-0.25, -0.2) is 9.89 Å². The number of ether oxygens (including phenoxy) is 1. The highest BCUT2D eigenvalue weighted by Gasteiger charge is 2.21. The first-order valence-corrected chi connectivity index (χ1v) is 4.20. The van der Waals surface area contributed by atoms with Crippen LogP contribution in [0, 0.1) is 0 Å². The molecule has 1 aliphatic rings. The van der Waals surface area contributed by atoms with Crippen molar-refractivity contribution in [1.29, 1.82) is 0 Å². The molecule has 0 spiro atoms. The second kappa shape index (κ2) is 3.31. The Hall–Kier alpha value is -1.14. The van der Waals surface area contributed by atoms with Crippen molar-refractivity contribution >= 4 is 0 Å². The molecule has 2 rings (SSSR count). The summed E-state index contributed by atoms with van der Waals surface area (Å²) < 4.78 is 5.45. The van der Waals surface area contributed by atoms with Gasteiger partial charge in [0.1, 0.15) is 6.10 Å². The Labute approximate surface area is 74.9 Å². The van der Waals surface area contributed by atoms with Gasteiger partial charge in [0.15, 0.2) is 5.82 Å². The number of likely N-dealkylation sites (N-methyl/N-ethyl adjacent to an activating group) is 1. The van der Waals surface area contributed by atoms with E-state index in [1.165, 1.54) is 0 Å². The number of aromatic nitrogens is 3. The van der Waals surface area contributed by atoms with Gasteiger partial charge < -0.3 is 9.64 Å². The van der Waals surface area contributed by atoms with Crippen LogP contribution < -0.4 is 5.69 Å². The Bertz CT molecular complexity index is 331. The summed E-state index contributed by atoms with van der Waals surface area (Å²) >= 11 is 0. The lowest BCUT2D eigenvalue weighted by molar-refractivity contribution is -0.0253. The zero-order chi connectivity index (χ0) is 9.26. The molecule has 0 bridgehead atoms. The zero-order valence-corrected chi connectivity index (χ0v) is 7.41. The van der Waals surface area contributed by atoms with Crippen molar-refractivity contribution in [3.05, 3.63) is 16.3 Å². The highest BCUT2D eigenvalue weighted by molar-refractivity contribution is 4.90. The minimum absolute atomic E-state index is 0.113. The lowest BCUT2D eigenvalue weighted by Crippen LogP contribution is -2.35. The summed E-state index contributed by atoms with van der Waals surface area (Å²) in [6.45, 7) is 2.36. The Kier molecular flexibility index (Phi) is 2.15. The number of nitrogens with zero attached hydrogens (tertiary/aromatic N) is 2. The molecular weight excluding hydrogens is 172 g/mol. The van der Waals surface area contributed by atoms with Gasteiger partial charge in [-0.2, -0.15) is 5.10 Å².